The van der Waals surface area contributed by atoms with Gasteiger partial charge in [-0.25, -0.2) is 9.78 Å². The van der Waals surface area contributed by atoms with E-state index in [2.05, 4.69) is 27.3 Å². The van der Waals surface area contributed by atoms with Crippen molar-refractivity contribution in [2.45, 2.75) is 19.4 Å². The van der Waals surface area contributed by atoms with Gasteiger partial charge >= 0.3 is 6.03 Å². The van der Waals surface area contributed by atoms with E-state index in [1.54, 1.807) is 17.0 Å². The highest BCUT2D eigenvalue weighted by molar-refractivity contribution is 6.32. The fourth-order valence-corrected chi connectivity index (χ4v) is 4.27. The summed E-state index contributed by atoms with van der Waals surface area (Å²) in [5.74, 6) is -0.138. The number of hydrogen-bond donors (Lipinski definition) is 1. The lowest BCUT2D eigenvalue weighted by molar-refractivity contribution is 0.0788. The molecule has 0 unspecified atom stereocenters. The standard InChI is InChI=1S/C22H26ClN5O2/c1-16-7-8-19(20(23)24-16)21(29)28-10-9-17(15-28)25-22(30)27-13-11-26(12-14-27)18-5-3-2-4-6-18/h2-8,17H,9-15H2,1H3,(H,25,30)/t17-/m1/s1. The van der Waals surface area contributed by atoms with Crippen LogP contribution in [0.3, 0.4) is 0 Å². The predicted octanol–water partition coefficient (Wildman–Crippen LogP) is 2.79. The van der Waals surface area contributed by atoms with Crippen LogP contribution in [0.25, 0.3) is 0 Å². The number of para-hydroxylation sites is 1. The summed E-state index contributed by atoms with van der Waals surface area (Å²) in [6.45, 7) is 5.90. The number of anilines is 1. The van der Waals surface area contributed by atoms with Crippen molar-refractivity contribution in [1.82, 2.24) is 20.1 Å². The Bertz CT molecular complexity index is 915. The molecule has 158 valence electrons. The largest absolute Gasteiger partial charge is 0.368 e. The monoisotopic (exact) mass is 427 g/mol. The molecule has 30 heavy (non-hydrogen) atoms. The molecule has 1 N–H and O–H groups in total. The smallest absolute Gasteiger partial charge is 0.317 e. The molecule has 0 spiro atoms. The first kappa shape index (κ1) is 20.5. The van der Waals surface area contributed by atoms with E-state index in [9.17, 15) is 9.59 Å². The Kier molecular flexibility index (Phi) is 6.08. The van der Waals surface area contributed by atoms with E-state index in [-0.39, 0.29) is 23.1 Å². The summed E-state index contributed by atoms with van der Waals surface area (Å²) in [6.07, 6.45) is 0.734. The summed E-state index contributed by atoms with van der Waals surface area (Å²) in [7, 11) is 0. The topological polar surface area (TPSA) is 68.8 Å². The first-order chi connectivity index (χ1) is 14.5. The molecule has 1 atom stereocenters. The van der Waals surface area contributed by atoms with Gasteiger partial charge in [-0.05, 0) is 37.6 Å². The summed E-state index contributed by atoms with van der Waals surface area (Å²) in [6, 6.07) is 13.6. The minimum absolute atomic E-state index is 0.0502. The van der Waals surface area contributed by atoms with E-state index in [0.29, 0.717) is 31.7 Å². The van der Waals surface area contributed by atoms with Crippen molar-refractivity contribution < 1.29 is 9.59 Å². The number of halogens is 1. The predicted molar refractivity (Wildman–Crippen MR) is 117 cm³/mol. The number of amides is 3. The molecule has 2 saturated heterocycles. The number of nitrogens with zero attached hydrogens (tertiary/aromatic N) is 4. The van der Waals surface area contributed by atoms with Crippen LogP contribution in [0.4, 0.5) is 10.5 Å². The quantitative estimate of drug-likeness (QED) is 0.765. The SMILES string of the molecule is Cc1ccc(C(=O)N2CC[C@@H](NC(=O)N3CCN(c4ccccc4)CC3)C2)c(Cl)n1. The number of nitrogens with one attached hydrogen (secondary N) is 1. The number of hydrogen-bond acceptors (Lipinski definition) is 4. The van der Waals surface area contributed by atoms with Crippen LogP contribution in [0.2, 0.25) is 5.15 Å². The normalized spacial score (nSPS) is 19.1. The lowest BCUT2D eigenvalue weighted by atomic mass is 10.2. The van der Waals surface area contributed by atoms with Gasteiger partial charge in [-0.1, -0.05) is 29.8 Å². The number of aromatic nitrogens is 1. The van der Waals surface area contributed by atoms with Gasteiger partial charge in [0.15, 0.2) is 0 Å². The number of urea groups is 1. The fraction of sp³-hybridized carbons (Fsp3) is 0.409. The number of benzene rings is 1. The molecule has 1 aromatic carbocycles. The number of rotatable bonds is 3. The maximum atomic E-state index is 12.8. The summed E-state index contributed by atoms with van der Waals surface area (Å²) in [4.78, 5) is 35.5. The van der Waals surface area contributed by atoms with Crippen molar-refractivity contribution >= 4 is 29.2 Å². The molecule has 1 aromatic heterocycles. The molecule has 4 rings (SSSR count). The highest BCUT2D eigenvalue weighted by Crippen LogP contribution is 2.20. The van der Waals surface area contributed by atoms with Crippen LogP contribution in [0.15, 0.2) is 42.5 Å². The number of carbonyl (C=O) groups excluding carboxylic acids is 2. The molecular weight excluding hydrogens is 402 g/mol. The molecule has 0 saturated carbocycles. The van der Waals surface area contributed by atoms with Gasteiger partial charge in [-0.15, -0.1) is 0 Å². The van der Waals surface area contributed by atoms with Crippen molar-refractivity contribution in [2.75, 3.05) is 44.2 Å². The molecule has 2 aliphatic heterocycles. The Morgan fingerprint density at radius 1 is 1.00 bits per heavy atom. The zero-order valence-electron chi connectivity index (χ0n) is 17.1. The van der Waals surface area contributed by atoms with Gasteiger partial charge in [0.05, 0.1) is 5.56 Å². The van der Waals surface area contributed by atoms with Gasteiger partial charge in [0.1, 0.15) is 5.15 Å². The second-order valence-electron chi connectivity index (χ2n) is 7.79. The van der Waals surface area contributed by atoms with E-state index < -0.39 is 0 Å². The molecule has 0 bridgehead atoms. The van der Waals surface area contributed by atoms with E-state index in [1.165, 1.54) is 5.69 Å². The maximum absolute atomic E-state index is 12.8. The van der Waals surface area contributed by atoms with Gasteiger partial charge in [-0.2, -0.15) is 0 Å². The Balaban J connectivity index is 1.27. The third-order valence-electron chi connectivity index (χ3n) is 5.71. The minimum Gasteiger partial charge on any atom is -0.368 e. The molecule has 3 heterocycles. The summed E-state index contributed by atoms with van der Waals surface area (Å²) in [5, 5.41) is 3.31. The number of likely N-dealkylation sites (tertiary alicyclic amines) is 1. The molecular formula is C22H26ClN5O2. The number of aryl methyl sites for hydroxylation is 1. The molecule has 2 fully saturated rings. The van der Waals surface area contributed by atoms with Gasteiger partial charge in [0.25, 0.3) is 5.91 Å². The van der Waals surface area contributed by atoms with Gasteiger partial charge in [0.2, 0.25) is 0 Å². The fourth-order valence-electron chi connectivity index (χ4n) is 3.99. The zero-order valence-corrected chi connectivity index (χ0v) is 17.8. The van der Waals surface area contributed by atoms with Crippen LogP contribution in [-0.4, -0.2) is 72.0 Å². The molecule has 0 radical (unpaired) electrons. The highest BCUT2D eigenvalue weighted by atomic mass is 35.5. The summed E-state index contributed by atoms with van der Waals surface area (Å²) < 4.78 is 0. The average molecular weight is 428 g/mol. The molecule has 8 heteroatoms. The number of pyridine rings is 1. The first-order valence-electron chi connectivity index (χ1n) is 10.3. The van der Waals surface area contributed by atoms with E-state index in [0.717, 1.165) is 25.2 Å². The first-order valence-corrected chi connectivity index (χ1v) is 10.7. The maximum Gasteiger partial charge on any atom is 0.317 e. The van der Waals surface area contributed by atoms with E-state index >= 15 is 0 Å². The third kappa shape index (κ3) is 4.51. The Hall–Kier alpha value is -2.80. The van der Waals surface area contributed by atoms with Crippen molar-refractivity contribution in [3.8, 4) is 0 Å². The van der Waals surface area contributed by atoms with Crippen molar-refractivity contribution in [2.24, 2.45) is 0 Å². The highest BCUT2D eigenvalue weighted by Gasteiger charge is 2.31. The second kappa shape index (κ2) is 8.92. The number of carbonyl (C=O) groups is 2. The van der Waals surface area contributed by atoms with Crippen molar-refractivity contribution in [1.29, 1.82) is 0 Å². The Morgan fingerprint density at radius 2 is 1.73 bits per heavy atom. The third-order valence-corrected chi connectivity index (χ3v) is 6.00. The average Bonchev–Trinajstić information content (AvgIpc) is 3.22. The van der Waals surface area contributed by atoms with Crippen LogP contribution < -0.4 is 10.2 Å². The molecule has 7 nitrogen and oxygen atoms in total. The Morgan fingerprint density at radius 3 is 2.43 bits per heavy atom. The van der Waals surface area contributed by atoms with Crippen LogP contribution in [-0.2, 0) is 0 Å². The van der Waals surface area contributed by atoms with Crippen LogP contribution in [0.1, 0.15) is 22.5 Å². The van der Waals surface area contributed by atoms with Crippen molar-refractivity contribution in [3.63, 3.8) is 0 Å². The van der Waals surface area contributed by atoms with Crippen LogP contribution >= 0.6 is 11.6 Å². The van der Waals surface area contributed by atoms with E-state index in [4.69, 9.17) is 11.6 Å². The summed E-state index contributed by atoms with van der Waals surface area (Å²) in [5.41, 5.74) is 2.37. The van der Waals surface area contributed by atoms with Gasteiger partial charge < -0.3 is 20.0 Å². The van der Waals surface area contributed by atoms with Crippen LogP contribution in [0.5, 0.6) is 0 Å². The van der Waals surface area contributed by atoms with Gasteiger partial charge in [-0.3, -0.25) is 4.79 Å². The summed E-state index contributed by atoms with van der Waals surface area (Å²) >= 11 is 6.14. The van der Waals surface area contributed by atoms with Gasteiger partial charge in [0, 0.05) is 56.7 Å². The molecule has 3 amide bonds. The lowest BCUT2D eigenvalue weighted by Crippen LogP contribution is -2.54. The molecule has 2 aromatic rings. The number of piperazine rings is 1. The Labute approximate surface area is 181 Å². The van der Waals surface area contributed by atoms with Crippen molar-refractivity contribution in [3.05, 3.63) is 58.9 Å². The molecule has 0 aliphatic carbocycles. The van der Waals surface area contributed by atoms with Crippen LogP contribution in [0, 0.1) is 6.92 Å². The lowest BCUT2D eigenvalue weighted by Gasteiger charge is -2.36. The van der Waals surface area contributed by atoms with E-state index in [1.807, 2.05) is 30.0 Å². The molecule has 2 aliphatic rings. The second-order valence-corrected chi connectivity index (χ2v) is 8.14. The zero-order chi connectivity index (χ0) is 21.1. The minimum atomic E-state index is -0.138.